The molecule has 0 saturated carbocycles. The highest BCUT2D eigenvalue weighted by molar-refractivity contribution is 14.1. The average Bonchev–Trinajstić information content (AvgIpc) is 2.35. The maximum atomic E-state index is 12.0. The number of nitriles is 1. The maximum absolute atomic E-state index is 12.0. The van der Waals surface area contributed by atoms with Gasteiger partial charge in [-0.25, -0.2) is 0 Å². The van der Waals surface area contributed by atoms with Crippen LogP contribution >= 0.6 is 22.6 Å². The summed E-state index contributed by atoms with van der Waals surface area (Å²) in [7, 11) is 0. The highest BCUT2D eigenvalue weighted by Crippen LogP contribution is 2.08. The molecule has 0 amide bonds. The number of aromatic nitrogens is 1. The zero-order valence-electron chi connectivity index (χ0n) is 9.85. The number of nitrogens with zero attached hydrogens (tertiary/aromatic N) is 2. The van der Waals surface area contributed by atoms with Crippen molar-refractivity contribution in [2.75, 3.05) is 0 Å². The summed E-state index contributed by atoms with van der Waals surface area (Å²) in [6, 6.07) is 11.3. The number of hydrogen-bond acceptors (Lipinski definition) is 2. The second kappa shape index (κ2) is 5.36. The predicted octanol–water partition coefficient (Wildman–Crippen LogP) is 2.68. The molecule has 2 aromatic rings. The standard InChI is InChI=1S/C14H11IN2O/c1-10-5-13(15)9-17(14(10)18)8-12-4-2-3-11(6-12)7-16/h2-6,9H,8H2,1H3. The number of benzene rings is 1. The summed E-state index contributed by atoms with van der Waals surface area (Å²) in [5.74, 6) is 0. The first-order chi connectivity index (χ1) is 8.60. The van der Waals surface area contributed by atoms with Crippen LogP contribution in [-0.2, 0) is 6.54 Å². The van der Waals surface area contributed by atoms with E-state index in [0.29, 0.717) is 12.1 Å². The van der Waals surface area contributed by atoms with Gasteiger partial charge >= 0.3 is 0 Å². The highest BCUT2D eigenvalue weighted by atomic mass is 127. The van der Waals surface area contributed by atoms with Gasteiger partial charge in [0.2, 0.25) is 0 Å². The Morgan fingerprint density at radius 2 is 2.17 bits per heavy atom. The molecule has 3 nitrogen and oxygen atoms in total. The third-order valence-corrected chi connectivity index (χ3v) is 3.23. The summed E-state index contributed by atoms with van der Waals surface area (Å²) in [6.45, 7) is 2.30. The molecule has 18 heavy (non-hydrogen) atoms. The molecule has 90 valence electrons. The lowest BCUT2D eigenvalue weighted by Crippen LogP contribution is -2.22. The molecule has 0 atom stereocenters. The number of rotatable bonds is 2. The summed E-state index contributed by atoms with van der Waals surface area (Å²) in [5.41, 5.74) is 2.32. The van der Waals surface area contributed by atoms with Crippen molar-refractivity contribution in [2.45, 2.75) is 13.5 Å². The van der Waals surface area contributed by atoms with Crippen LogP contribution in [0.25, 0.3) is 0 Å². The second-order valence-electron chi connectivity index (χ2n) is 4.09. The van der Waals surface area contributed by atoms with E-state index in [4.69, 9.17) is 5.26 Å². The monoisotopic (exact) mass is 350 g/mol. The summed E-state index contributed by atoms with van der Waals surface area (Å²) in [6.07, 6.45) is 1.83. The van der Waals surface area contributed by atoms with Crippen LogP contribution in [-0.4, -0.2) is 4.57 Å². The van der Waals surface area contributed by atoms with Crippen LogP contribution < -0.4 is 5.56 Å². The molecule has 0 aliphatic heterocycles. The van der Waals surface area contributed by atoms with Gasteiger partial charge in [-0.3, -0.25) is 4.79 Å². The minimum atomic E-state index is 0.0118. The quantitative estimate of drug-likeness (QED) is 0.782. The van der Waals surface area contributed by atoms with E-state index in [1.165, 1.54) is 0 Å². The normalized spacial score (nSPS) is 10.1. The molecule has 2 rings (SSSR count). The number of pyridine rings is 1. The molecule has 1 aromatic heterocycles. The SMILES string of the molecule is Cc1cc(I)cn(Cc2cccc(C#N)c2)c1=O. The van der Waals surface area contributed by atoms with Gasteiger partial charge in [-0.05, 0) is 53.3 Å². The van der Waals surface area contributed by atoms with Crippen LogP contribution in [0.15, 0.2) is 41.3 Å². The summed E-state index contributed by atoms with van der Waals surface area (Å²) < 4.78 is 2.70. The Bertz CT molecular complexity index is 683. The van der Waals surface area contributed by atoms with Crippen LogP contribution in [0.1, 0.15) is 16.7 Å². The Labute approximate surface area is 119 Å². The fourth-order valence-electron chi connectivity index (χ4n) is 1.79. The van der Waals surface area contributed by atoms with Gasteiger partial charge in [0.15, 0.2) is 0 Å². The van der Waals surface area contributed by atoms with Crippen LogP contribution in [0.3, 0.4) is 0 Å². The van der Waals surface area contributed by atoms with Crippen molar-refractivity contribution in [1.82, 2.24) is 4.57 Å². The topological polar surface area (TPSA) is 45.8 Å². The Kier molecular flexibility index (Phi) is 3.82. The number of halogens is 1. The van der Waals surface area contributed by atoms with Gasteiger partial charge in [-0.15, -0.1) is 0 Å². The van der Waals surface area contributed by atoms with E-state index < -0.39 is 0 Å². The molecular weight excluding hydrogens is 339 g/mol. The van der Waals surface area contributed by atoms with E-state index in [2.05, 4.69) is 28.7 Å². The van der Waals surface area contributed by atoms with Crippen molar-refractivity contribution in [1.29, 1.82) is 5.26 Å². The summed E-state index contributed by atoms with van der Waals surface area (Å²) in [4.78, 5) is 12.0. The van der Waals surface area contributed by atoms with Crippen LogP contribution in [0, 0.1) is 21.8 Å². The fraction of sp³-hybridized carbons (Fsp3) is 0.143. The molecule has 0 aliphatic carbocycles. The first-order valence-corrected chi connectivity index (χ1v) is 6.53. The third kappa shape index (κ3) is 2.79. The molecule has 1 heterocycles. The lowest BCUT2D eigenvalue weighted by Gasteiger charge is -2.08. The molecule has 0 radical (unpaired) electrons. The van der Waals surface area contributed by atoms with Crippen molar-refractivity contribution in [3.63, 3.8) is 0 Å². The van der Waals surface area contributed by atoms with Crippen LogP contribution in [0.2, 0.25) is 0 Å². The fourth-order valence-corrected chi connectivity index (χ4v) is 2.60. The molecule has 4 heteroatoms. The molecule has 0 spiro atoms. The smallest absolute Gasteiger partial charge is 0.253 e. The molecule has 0 fully saturated rings. The Balaban J connectivity index is 2.40. The molecule has 0 saturated heterocycles. The molecule has 1 aromatic carbocycles. The second-order valence-corrected chi connectivity index (χ2v) is 5.33. The van der Waals surface area contributed by atoms with Crippen molar-refractivity contribution in [3.8, 4) is 6.07 Å². The van der Waals surface area contributed by atoms with Gasteiger partial charge in [-0.1, -0.05) is 12.1 Å². The van der Waals surface area contributed by atoms with E-state index in [0.717, 1.165) is 14.7 Å². The van der Waals surface area contributed by atoms with Gasteiger partial charge in [0.1, 0.15) is 0 Å². The van der Waals surface area contributed by atoms with E-state index >= 15 is 0 Å². The van der Waals surface area contributed by atoms with Crippen molar-refractivity contribution < 1.29 is 0 Å². The molecule has 0 unspecified atom stereocenters. The Morgan fingerprint density at radius 3 is 2.89 bits per heavy atom. The first-order valence-electron chi connectivity index (χ1n) is 5.46. The van der Waals surface area contributed by atoms with E-state index in [1.54, 1.807) is 10.6 Å². The minimum Gasteiger partial charge on any atom is -0.310 e. The first kappa shape index (κ1) is 12.8. The van der Waals surface area contributed by atoms with E-state index in [1.807, 2.05) is 37.4 Å². The third-order valence-electron chi connectivity index (χ3n) is 2.64. The Hall–Kier alpha value is -1.61. The number of hydrogen-bond donors (Lipinski definition) is 0. The molecule has 0 bridgehead atoms. The minimum absolute atomic E-state index is 0.0118. The largest absolute Gasteiger partial charge is 0.310 e. The van der Waals surface area contributed by atoms with Gasteiger partial charge in [0, 0.05) is 15.3 Å². The van der Waals surface area contributed by atoms with Crippen molar-refractivity contribution in [2.24, 2.45) is 0 Å². The van der Waals surface area contributed by atoms with Gasteiger partial charge < -0.3 is 4.57 Å². The molecule has 0 aliphatic rings. The van der Waals surface area contributed by atoms with Gasteiger partial charge in [0.05, 0.1) is 18.2 Å². The molecule has 0 N–H and O–H groups in total. The summed E-state index contributed by atoms with van der Waals surface area (Å²) in [5, 5.41) is 8.85. The summed E-state index contributed by atoms with van der Waals surface area (Å²) >= 11 is 2.19. The average molecular weight is 350 g/mol. The highest BCUT2D eigenvalue weighted by Gasteiger charge is 2.03. The zero-order valence-corrected chi connectivity index (χ0v) is 12.0. The van der Waals surface area contributed by atoms with Gasteiger partial charge in [-0.2, -0.15) is 5.26 Å². The molecular formula is C14H11IN2O. The van der Waals surface area contributed by atoms with E-state index in [-0.39, 0.29) is 5.56 Å². The zero-order chi connectivity index (χ0) is 13.1. The lowest BCUT2D eigenvalue weighted by molar-refractivity contribution is 0.748. The lowest BCUT2D eigenvalue weighted by atomic mass is 10.1. The maximum Gasteiger partial charge on any atom is 0.253 e. The number of aryl methyl sites for hydroxylation is 1. The van der Waals surface area contributed by atoms with Gasteiger partial charge in [0.25, 0.3) is 5.56 Å². The van der Waals surface area contributed by atoms with Crippen LogP contribution in [0.4, 0.5) is 0 Å². The predicted molar refractivity (Wildman–Crippen MR) is 78.4 cm³/mol. The van der Waals surface area contributed by atoms with Crippen molar-refractivity contribution >= 4 is 22.6 Å². The van der Waals surface area contributed by atoms with Crippen molar-refractivity contribution in [3.05, 3.63) is 67.1 Å². The van der Waals surface area contributed by atoms with Crippen LogP contribution in [0.5, 0.6) is 0 Å². The van der Waals surface area contributed by atoms with E-state index in [9.17, 15) is 4.79 Å². The Morgan fingerprint density at radius 1 is 1.39 bits per heavy atom.